The van der Waals surface area contributed by atoms with Gasteiger partial charge in [-0.05, 0) is 18.1 Å². The zero-order valence-electron chi connectivity index (χ0n) is 17.5. The van der Waals surface area contributed by atoms with Crippen LogP contribution in [0.3, 0.4) is 0 Å². The van der Waals surface area contributed by atoms with Crippen LogP contribution < -0.4 is 10.1 Å². The molecule has 2 amide bonds. The molecule has 0 aliphatic carbocycles. The van der Waals surface area contributed by atoms with Crippen LogP contribution in [0.25, 0.3) is 0 Å². The van der Waals surface area contributed by atoms with Crippen molar-refractivity contribution < 1.29 is 19.1 Å². The Kier molecular flexibility index (Phi) is 5.02. The summed E-state index contributed by atoms with van der Waals surface area (Å²) in [6, 6.07) is 17.7. The molecule has 0 saturated carbocycles. The Labute approximate surface area is 181 Å². The molecule has 2 aromatic rings. The second kappa shape index (κ2) is 7.85. The number of fused-ring (bicyclic) bond motifs is 1. The highest BCUT2D eigenvalue weighted by molar-refractivity contribution is 5.93. The maximum absolute atomic E-state index is 13.3. The summed E-state index contributed by atoms with van der Waals surface area (Å²) >= 11 is 0. The number of rotatable bonds is 7. The second-order valence-electron chi connectivity index (χ2n) is 8.43. The van der Waals surface area contributed by atoms with Crippen molar-refractivity contribution in [2.24, 2.45) is 11.8 Å². The molecule has 3 aliphatic rings. The molecular formula is C25H26N2O4. The normalized spacial score (nSPS) is 28.1. The molecule has 2 saturated heterocycles. The van der Waals surface area contributed by atoms with Gasteiger partial charge in [-0.15, -0.1) is 0 Å². The fraction of sp³-hybridized carbons (Fsp3) is 0.360. The molecule has 6 nitrogen and oxygen atoms in total. The molecule has 1 spiro atoms. The van der Waals surface area contributed by atoms with Gasteiger partial charge in [0.25, 0.3) is 0 Å². The lowest BCUT2D eigenvalue weighted by atomic mass is 9.77. The number of nitrogens with zero attached hydrogens (tertiary/aromatic N) is 1. The zero-order valence-corrected chi connectivity index (χ0v) is 17.5. The topological polar surface area (TPSA) is 67.9 Å². The van der Waals surface area contributed by atoms with E-state index in [2.05, 4.69) is 17.4 Å². The van der Waals surface area contributed by atoms with E-state index in [9.17, 15) is 9.59 Å². The molecule has 0 aromatic heterocycles. The van der Waals surface area contributed by atoms with Crippen molar-refractivity contribution in [1.82, 2.24) is 10.2 Å². The number of nitrogens with one attached hydrogen (secondary N) is 1. The fourth-order valence-corrected chi connectivity index (χ4v) is 5.12. The van der Waals surface area contributed by atoms with Gasteiger partial charge < -0.3 is 19.7 Å². The van der Waals surface area contributed by atoms with Gasteiger partial charge in [-0.25, -0.2) is 0 Å². The zero-order chi connectivity index (χ0) is 21.4. The summed E-state index contributed by atoms with van der Waals surface area (Å²) in [5, 5.41) is 3.00. The molecule has 2 fully saturated rings. The third-order valence-corrected chi connectivity index (χ3v) is 6.64. The minimum Gasteiger partial charge on any atom is -0.496 e. The molecule has 1 N–H and O–H groups in total. The Bertz CT molecular complexity index is 1020. The van der Waals surface area contributed by atoms with Crippen LogP contribution in [0.2, 0.25) is 0 Å². The van der Waals surface area contributed by atoms with E-state index in [1.54, 1.807) is 7.11 Å². The number of carbonyl (C=O) groups excluding carboxylic acids is 2. The number of para-hydroxylation sites is 1. The number of methoxy groups -OCH3 is 1. The van der Waals surface area contributed by atoms with Crippen LogP contribution in [0, 0.1) is 11.8 Å². The largest absolute Gasteiger partial charge is 0.496 e. The predicted molar refractivity (Wildman–Crippen MR) is 115 cm³/mol. The van der Waals surface area contributed by atoms with Crippen molar-refractivity contribution in [2.45, 2.75) is 24.7 Å². The molecule has 3 aliphatic heterocycles. The summed E-state index contributed by atoms with van der Waals surface area (Å²) in [6.07, 6.45) is 4.38. The summed E-state index contributed by atoms with van der Waals surface area (Å²) in [7, 11) is 1.61. The van der Waals surface area contributed by atoms with E-state index in [0.29, 0.717) is 19.6 Å². The first-order chi connectivity index (χ1) is 15.1. The SMILES string of the molecule is COc1ccccc1CNC(=O)[C@@H]1[C@H]2C=C[C@@]3(CN(CCc4ccccc4)C(=O)[C@@H]13)O2. The average Bonchev–Trinajstić information content (AvgIpc) is 3.45. The van der Waals surface area contributed by atoms with Crippen LogP contribution in [0.15, 0.2) is 66.7 Å². The number of hydrogen-bond donors (Lipinski definition) is 1. The fourth-order valence-electron chi connectivity index (χ4n) is 5.12. The molecule has 2 bridgehead atoms. The van der Waals surface area contributed by atoms with Crippen molar-refractivity contribution in [2.75, 3.05) is 20.2 Å². The number of benzene rings is 2. The first-order valence-electron chi connectivity index (χ1n) is 10.7. The van der Waals surface area contributed by atoms with Crippen molar-refractivity contribution >= 4 is 11.8 Å². The second-order valence-corrected chi connectivity index (χ2v) is 8.43. The highest BCUT2D eigenvalue weighted by Crippen LogP contribution is 2.51. The molecule has 5 rings (SSSR count). The molecule has 0 unspecified atom stereocenters. The maximum atomic E-state index is 13.3. The molecule has 31 heavy (non-hydrogen) atoms. The molecule has 6 heteroatoms. The average molecular weight is 418 g/mol. The van der Waals surface area contributed by atoms with Crippen LogP contribution in [-0.2, 0) is 27.3 Å². The van der Waals surface area contributed by atoms with E-state index in [4.69, 9.17) is 9.47 Å². The van der Waals surface area contributed by atoms with E-state index < -0.39 is 17.4 Å². The molecule has 3 heterocycles. The Balaban J connectivity index is 1.28. The van der Waals surface area contributed by atoms with Gasteiger partial charge in [0.2, 0.25) is 11.8 Å². The van der Waals surface area contributed by atoms with E-state index in [0.717, 1.165) is 17.7 Å². The third kappa shape index (κ3) is 3.41. The lowest BCUT2D eigenvalue weighted by molar-refractivity contribution is -0.137. The van der Waals surface area contributed by atoms with E-state index >= 15 is 0 Å². The standard InChI is InChI=1S/C25H26N2O4/c1-30-19-10-6-5-9-18(19)15-26-23(28)21-20-11-13-25(31-20)16-27(24(29)22(21)25)14-12-17-7-3-2-4-8-17/h2-11,13,20-22H,12,14-16H2,1H3,(H,26,28)/t20-,21-,22-,25+/m1/s1. The molecule has 160 valence electrons. The monoisotopic (exact) mass is 418 g/mol. The summed E-state index contributed by atoms with van der Waals surface area (Å²) in [6.45, 7) is 1.48. The summed E-state index contributed by atoms with van der Waals surface area (Å²) < 4.78 is 11.6. The molecule has 4 atom stereocenters. The summed E-state index contributed by atoms with van der Waals surface area (Å²) in [4.78, 5) is 28.3. The first-order valence-corrected chi connectivity index (χ1v) is 10.7. The highest BCUT2D eigenvalue weighted by atomic mass is 16.5. The van der Waals surface area contributed by atoms with Gasteiger partial charge in [-0.1, -0.05) is 60.7 Å². The minimum atomic E-state index is -0.676. The predicted octanol–water partition coefficient (Wildman–Crippen LogP) is 2.34. The van der Waals surface area contributed by atoms with Crippen molar-refractivity contribution in [3.8, 4) is 5.75 Å². The Hall–Kier alpha value is -3.12. The number of hydrogen-bond acceptors (Lipinski definition) is 4. The third-order valence-electron chi connectivity index (χ3n) is 6.64. The van der Waals surface area contributed by atoms with E-state index in [1.165, 1.54) is 5.56 Å². The Morgan fingerprint density at radius 1 is 1.19 bits per heavy atom. The van der Waals surface area contributed by atoms with Crippen LogP contribution in [-0.4, -0.2) is 48.6 Å². The van der Waals surface area contributed by atoms with Crippen LogP contribution in [0.1, 0.15) is 11.1 Å². The van der Waals surface area contributed by atoms with Gasteiger partial charge in [-0.3, -0.25) is 9.59 Å². The van der Waals surface area contributed by atoms with Crippen molar-refractivity contribution in [3.05, 3.63) is 77.9 Å². The molecular weight excluding hydrogens is 392 g/mol. The van der Waals surface area contributed by atoms with Gasteiger partial charge in [-0.2, -0.15) is 0 Å². The van der Waals surface area contributed by atoms with Gasteiger partial charge in [0, 0.05) is 18.7 Å². The molecule has 2 aromatic carbocycles. The van der Waals surface area contributed by atoms with Crippen LogP contribution in [0.4, 0.5) is 0 Å². The van der Waals surface area contributed by atoms with Gasteiger partial charge in [0.1, 0.15) is 11.4 Å². The number of likely N-dealkylation sites (tertiary alicyclic amines) is 1. The number of carbonyl (C=O) groups is 2. The minimum absolute atomic E-state index is 0.0141. The first kappa shape index (κ1) is 19.8. The van der Waals surface area contributed by atoms with Crippen molar-refractivity contribution in [1.29, 1.82) is 0 Å². The summed E-state index contributed by atoms with van der Waals surface area (Å²) in [5.41, 5.74) is 1.41. The van der Waals surface area contributed by atoms with Crippen LogP contribution >= 0.6 is 0 Å². The maximum Gasteiger partial charge on any atom is 0.230 e. The lowest BCUT2D eigenvalue weighted by Crippen LogP contribution is -2.44. The number of ether oxygens (including phenoxy) is 2. The Morgan fingerprint density at radius 3 is 2.77 bits per heavy atom. The van der Waals surface area contributed by atoms with Gasteiger partial charge in [0.05, 0.1) is 31.6 Å². The van der Waals surface area contributed by atoms with Gasteiger partial charge >= 0.3 is 0 Å². The lowest BCUT2D eigenvalue weighted by Gasteiger charge is -2.23. The Morgan fingerprint density at radius 2 is 1.97 bits per heavy atom. The van der Waals surface area contributed by atoms with Gasteiger partial charge in [0.15, 0.2) is 0 Å². The quantitative estimate of drug-likeness (QED) is 0.701. The van der Waals surface area contributed by atoms with E-state index in [-0.39, 0.29) is 17.9 Å². The number of amides is 2. The van der Waals surface area contributed by atoms with Crippen molar-refractivity contribution in [3.63, 3.8) is 0 Å². The summed E-state index contributed by atoms with van der Waals surface area (Å²) in [5.74, 6) is -0.372. The van der Waals surface area contributed by atoms with E-state index in [1.807, 2.05) is 59.5 Å². The highest BCUT2D eigenvalue weighted by Gasteiger charge is 2.66. The molecule has 0 radical (unpaired) electrons. The van der Waals surface area contributed by atoms with Crippen LogP contribution in [0.5, 0.6) is 5.75 Å². The smallest absolute Gasteiger partial charge is 0.230 e.